The summed E-state index contributed by atoms with van der Waals surface area (Å²) >= 11 is 0. The summed E-state index contributed by atoms with van der Waals surface area (Å²) < 4.78 is 0. The Morgan fingerprint density at radius 2 is 0.512 bits per heavy atom. The van der Waals surface area contributed by atoms with E-state index in [-0.39, 0.29) is 7.43 Å². The third-order valence-electron chi connectivity index (χ3n) is 9.41. The molecule has 0 heterocycles. The molecule has 0 bridgehead atoms. The van der Waals surface area contributed by atoms with Crippen molar-refractivity contribution in [3.63, 3.8) is 0 Å². The molecule has 0 heteroatoms. The van der Waals surface area contributed by atoms with Crippen LogP contribution in [0.3, 0.4) is 0 Å². The standard InChI is InChI=1S/2C20H14.CH4/c1-3-7-17-13(5-1)9-15-11-20-16(12-19(15)17)10-14-6-2-4-8-18(14)20;1-3-7-17-13(5-1)9-15-11-16-10-14-6-2-4-8-18(14)20(16)12-19(15)17;/h2*1-8,11-12H,9-10H2;1H4. The van der Waals surface area contributed by atoms with Crippen molar-refractivity contribution >= 4 is 0 Å². The van der Waals surface area contributed by atoms with E-state index in [1.807, 2.05) is 0 Å². The largest absolute Gasteiger partial charge is 0.0776 e. The molecule has 0 atom stereocenters. The highest BCUT2D eigenvalue weighted by atomic mass is 14.3. The van der Waals surface area contributed by atoms with Gasteiger partial charge in [-0.25, -0.2) is 0 Å². The van der Waals surface area contributed by atoms with Gasteiger partial charge in [0.2, 0.25) is 0 Å². The van der Waals surface area contributed by atoms with Gasteiger partial charge in [0.05, 0.1) is 0 Å². The van der Waals surface area contributed by atoms with E-state index in [9.17, 15) is 0 Å². The van der Waals surface area contributed by atoms with Gasteiger partial charge in [-0.05, 0) is 133 Å². The Balaban J connectivity index is 0.000000122. The summed E-state index contributed by atoms with van der Waals surface area (Å²) in [6, 6.07) is 45.0. The number of hydrogen-bond donors (Lipinski definition) is 0. The molecule has 10 rings (SSSR count). The second kappa shape index (κ2) is 9.18. The lowest BCUT2D eigenvalue weighted by molar-refractivity contribution is 1.21. The number of rotatable bonds is 0. The third-order valence-corrected chi connectivity index (χ3v) is 9.41. The fourth-order valence-corrected chi connectivity index (χ4v) is 7.54. The topological polar surface area (TPSA) is 0 Å². The molecule has 4 aliphatic rings. The van der Waals surface area contributed by atoms with Gasteiger partial charge in [-0.1, -0.05) is 111 Å². The highest BCUT2D eigenvalue weighted by Crippen LogP contribution is 2.46. The van der Waals surface area contributed by atoms with Gasteiger partial charge in [0, 0.05) is 0 Å². The second-order valence-corrected chi connectivity index (χ2v) is 11.7. The van der Waals surface area contributed by atoms with Crippen LogP contribution in [0.5, 0.6) is 0 Å². The highest BCUT2D eigenvalue weighted by Gasteiger charge is 2.26. The van der Waals surface area contributed by atoms with Gasteiger partial charge in [0.15, 0.2) is 0 Å². The highest BCUT2D eigenvalue weighted by molar-refractivity contribution is 5.87. The first-order valence-electron chi connectivity index (χ1n) is 14.4. The minimum absolute atomic E-state index is 0. The molecule has 0 aliphatic heterocycles. The normalized spacial score (nSPS) is 13.3. The predicted molar refractivity (Wildman–Crippen MR) is 173 cm³/mol. The van der Waals surface area contributed by atoms with E-state index < -0.39 is 0 Å². The van der Waals surface area contributed by atoms with Crippen LogP contribution >= 0.6 is 0 Å². The summed E-state index contributed by atoms with van der Waals surface area (Å²) in [5.41, 5.74) is 23.4. The van der Waals surface area contributed by atoms with Crippen LogP contribution < -0.4 is 0 Å². The Morgan fingerprint density at radius 1 is 0.244 bits per heavy atom. The average molecular weight is 525 g/mol. The molecule has 0 fully saturated rings. The molecule has 0 nitrogen and oxygen atoms in total. The van der Waals surface area contributed by atoms with Crippen molar-refractivity contribution < 1.29 is 0 Å². The Bertz CT molecular complexity index is 1860. The van der Waals surface area contributed by atoms with Crippen LogP contribution in [0.2, 0.25) is 0 Å². The molecule has 0 saturated carbocycles. The van der Waals surface area contributed by atoms with Gasteiger partial charge < -0.3 is 0 Å². The van der Waals surface area contributed by atoms with Crippen LogP contribution in [0.1, 0.15) is 51.9 Å². The van der Waals surface area contributed by atoms with Crippen molar-refractivity contribution in [1.82, 2.24) is 0 Å². The maximum Gasteiger partial charge on any atom is -0.00132 e. The minimum Gasteiger partial charge on any atom is -0.0776 e. The molecule has 196 valence electrons. The van der Waals surface area contributed by atoms with E-state index in [1.165, 1.54) is 89.0 Å². The second-order valence-electron chi connectivity index (χ2n) is 11.7. The van der Waals surface area contributed by atoms with Crippen molar-refractivity contribution in [3.8, 4) is 44.5 Å². The summed E-state index contributed by atoms with van der Waals surface area (Å²) in [5, 5.41) is 0. The van der Waals surface area contributed by atoms with E-state index in [0.717, 1.165) is 25.7 Å². The van der Waals surface area contributed by atoms with Gasteiger partial charge in [0.1, 0.15) is 0 Å². The molecule has 4 aliphatic carbocycles. The molecule has 0 N–H and O–H groups in total. The zero-order chi connectivity index (χ0) is 26.2. The van der Waals surface area contributed by atoms with Crippen LogP contribution in [0.4, 0.5) is 0 Å². The summed E-state index contributed by atoms with van der Waals surface area (Å²) in [5.74, 6) is 0. The van der Waals surface area contributed by atoms with E-state index in [1.54, 1.807) is 0 Å². The molecule has 6 aromatic carbocycles. The summed E-state index contributed by atoms with van der Waals surface area (Å²) in [6.07, 6.45) is 4.35. The first kappa shape index (κ1) is 24.1. The fourth-order valence-electron chi connectivity index (χ4n) is 7.54. The van der Waals surface area contributed by atoms with E-state index in [2.05, 4.69) is 121 Å². The molecular formula is C41H32. The number of hydrogen-bond acceptors (Lipinski definition) is 0. The van der Waals surface area contributed by atoms with Crippen LogP contribution in [0.15, 0.2) is 121 Å². The maximum atomic E-state index is 2.44. The van der Waals surface area contributed by atoms with Gasteiger partial charge in [0.25, 0.3) is 0 Å². The molecule has 0 radical (unpaired) electrons. The van der Waals surface area contributed by atoms with Gasteiger partial charge >= 0.3 is 0 Å². The molecular weight excluding hydrogens is 492 g/mol. The van der Waals surface area contributed by atoms with Gasteiger partial charge in [-0.2, -0.15) is 0 Å². The summed E-state index contributed by atoms with van der Waals surface area (Å²) in [4.78, 5) is 0. The Hall–Kier alpha value is -4.68. The first-order valence-corrected chi connectivity index (χ1v) is 14.4. The van der Waals surface area contributed by atoms with E-state index in [0.29, 0.717) is 0 Å². The van der Waals surface area contributed by atoms with E-state index >= 15 is 0 Å². The van der Waals surface area contributed by atoms with Crippen LogP contribution in [-0.2, 0) is 25.7 Å². The lowest BCUT2D eigenvalue weighted by atomic mass is 9.98. The van der Waals surface area contributed by atoms with Crippen LogP contribution in [0.25, 0.3) is 44.5 Å². The number of benzene rings is 6. The Labute approximate surface area is 243 Å². The maximum absolute atomic E-state index is 2.44. The molecule has 6 aromatic rings. The van der Waals surface area contributed by atoms with Crippen molar-refractivity contribution in [2.75, 3.05) is 0 Å². The lowest BCUT2D eigenvalue weighted by Gasteiger charge is -2.06. The zero-order valence-corrected chi connectivity index (χ0v) is 22.4. The van der Waals surface area contributed by atoms with Crippen molar-refractivity contribution in [2.45, 2.75) is 33.1 Å². The lowest BCUT2D eigenvalue weighted by Crippen LogP contribution is -1.86. The van der Waals surface area contributed by atoms with Crippen LogP contribution in [-0.4, -0.2) is 0 Å². The number of fused-ring (bicyclic) bond motifs is 12. The van der Waals surface area contributed by atoms with E-state index in [4.69, 9.17) is 0 Å². The minimum atomic E-state index is 0. The first-order chi connectivity index (χ1) is 19.8. The molecule has 41 heavy (non-hydrogen) atoms. The molecule has 0 spiro atoms. The quantitative estimate of drug-likeness (QED) is 0.185. The molecule has 0 saturated heterocycles. The van der Waals surface area contributed by atoms with Crippen molar-refractivity contribution in [3.05, 3.63) is 166 Å². The smallest absolute Gasteiger partial charge is 0.00132 e. The van der Waals surface area contributed by atoms with Crippen molar-refractivity contribution in [1.29, 1.82) is 0 Å². The van der Waals surface area contributed by atoms with Crippen molar-refractivity contribution in [2.24, 2.45) is 0 Å². The molecule has 0 amide bonds. The average Bonchev–Trinajstić information content (AvgIpc) is 3.74. The Morgan fingerprint density at radius 3 is 0.854 bits per heavy atom. The fraction of sp³-hybridized carbons (Fsp3) is 0.122. The Kier molecular flexibility index (Phi) is 5.41. The van der Waals surface area contributed by atoms with Gasteiger partial charge in [-0.15, -0.1) is 0 Å². The summed E-state index contributed by atoms with van der Waals surface area (Å²) in [6.45, 7) is 0. The van der Waals surface area contributed by atoms with Gasteiger partial charge in [-0.3, -0.25) is 0 Å². The zero-order valence-electron chi connectivity index (χ0n) is 22.4. The molecule has 0 unspecified atom stereocenters. The SMILES string of the molecule is C.c1ccc2c(c1)Cc1cc3c(cc1-2)-c1ccccc1C3.c1ccc2c(c1)Cc1cc3c(cc1-2)Cc1ccccc1-3. The predicted octanol–water partition coefficient (Wildman–Crippen LogP) is 10.3. The van der Waals surface area contributed by atoms with Crippen LogP contribution in [0, 0.1) is 0 Å². The third kappa shape index (κ3) is 3.67. The molecule has 0 aromatic heterocycles. The monoisotopic (exact) mass is 524 g/mol. The summed E-state index contributed by atoms with van der Waals surface area (Å²) in [7, 11) is 0.